The van der Waals surface area contributed by atoms with Crippen molar-refractivity contribution in [3.63, 3.8) is 0 Å². The molecule has 3 nitrogen and oxygen atoms in total. The van der Waals surface area contributed by atoms with Gasteiger partial charge in [-0.3, -0.25) is 0 Å². The lowest BCUT2D eigenvalue weighted by molar-refractivity contribution is -0.137. The van der Waals surface area contributed by atoms with E-state index in [-0.39, 0.29) is 5.56 Å². The van der Waals surface area contributed by atoms with Crippen LogP contribution in [0.5, 0.6) is 0 Å². The highest BCUT2D eigenvalue weighted by Gasteiger charge is 2.37. The summed E-state index contributed by atoms with van der Waals surface area (Å²) in [4.78, 5) is -0.424. The SMILES string of the molecule is NS(=O)(=O)c1ccc(-c2c(F)c(F)c(F)c(F)c2-c2cc(Cl)c(C(F)(F)F)c(Cl)c2)cc1. The van der Waals surface area contributed by atoms with Gasteiger partial charge in [0.25, 0.3) is 0 Å². The zero-order valence-electron chi connectivity index (χ0n) is 15.2. The van der Waals surface area contributed by atoms with Gasteiger partial charge in [0.15, 0.2) is 23.3 Å². The molecule has 0 saturated heterocycles. The second-order valence-corrected chi connectivity index (χ2v) is 8.76. The minimum Gasteiger partial charge on any atom is -0.225 e. The highest BCUT2D eigenvalue weighted by molar-refractivity contribution is 7.89. The predicted octanol–water partition coefficient (Wildman–Crippen LogP) is 6.55. The molecular formula is C19H8Cl2F7NO2S. The van der Waals surface area contributed by atoms with Gasteiger partial charge in [-0.05, 0) is 35.4 Å². The van der Waals surface area contributed by atoms with Crippen molar-refractivity contribution in [3.8, 4) is 22.3 Å². The van der Waals surface area contributed by atoms with E-state index < -0.39 is 76.7 Å². The summed E-state index contributed by atoms with van der Waals surface area (Å²) in [6, 6.07) is 4.75. The molecule has 32 heavy (non-hydrogen) atoms. The standard InChI is InChI=1S/C19H8Cl2F7NO2S/c20-10-5-8(6-11(21)14(10)19(26,27)28)13-12(15(22)17(24)18(25)16(13)23)7-1-3-9(4-2-7)32(29,30)31/h1-6H,(H2,29,30,31). The maximum absolute atomic E-state index is 14.7. The molecule has 0 unspecified atom stereocenters. The van der Waals surface area contributed by atoms with Crippen molar-refractivity contribution in [1.29, 1.82) is 0 Å². The molecule has 0 bridgehead atoms. The Labute approximate surface area is 186 Å². The number of hydrogen-bond donors (Lipinski definition) is 1. The van der Waals surface area contributed by atoms with Crippen LogP contribution in [0.25, 0.3) is 22.3 Å². The van der Waals surface area contributed by atoms with Gasteiger partial charge in [0.1, 0.15) is 0 Å². The van der Waals surface area contributed by atoms with E-state index in [4.69, 9.17) is 28.3 Å². The van der Waals surface area contributed by atoms with Crippen LogP contribution >= 0.6 is 23.2 Å². The van der Waals surface area contributed by atoms with E-state index in [0.29, 0.717) is 12.1 Å². The molecule has 170 valence electrons. The molecule has 0 atom stereocenters. The summed E-state index contributed by atoms with van der Waals surface area (Å²) in [5.74, 6) is -8.23. The minimum absolute atomic E-state index is 0.338. The highest BCUT2D eigenvalue weighted by atomic mass is 35.5. The Morgan fingerprint density at radius 3 is 1.50 bits per heavy atom. The van der Waals surface area contributed by atoms with Crippen LogP contribution in [-0.2, 0) is 16.2 Å². The van der Waals surface area contributed by atoms with Gasteiger partial charge in [0.2, 0.25) is 10.0 Å². The van der Waals surface area contributed by atoms with Crippen molar-refractivity contribution in [1.82, 2.24) is 0 Å². The maximum atomic E-state index is 14.7. The first-order valence-corrected chi connectivity index (χ1v) is 10.5. The molecule has 3 aromatic carbocycles. The third kappa shape index (κ3) is 4.29. The van der Waals surface area contributed by atoms with Crippen LogP contribution < -0.4 is 5.14 Å². The predicted molar refractivity (Wildman–Crippen MR) is 104 cm³/mol. The van der Waals surface area contributed by atoms with Crippen molar-refractivity contribution < 1.29 is 39.2 Å². The fourth-order valence-electron chi connectivity index (χ4n) is 2.97. The first-order valence-electron chi connectivity index (χ1n) is 8.20. The molecule has 0 heterocycles. The van der Waals surface area contributed by atoms with Crippen LogP contribution in [0, 0.1) is 23.3 Å². The molecule has 2 N–H and O–H groups in total. The molecule has 0 amide bonds. The van der Waals surface area contributed by atoms with Gasteiger partial charge in [0.05, 0.1) is 20.5 Å². The fourth-order valence-corrected chi connectivity index (χ4v) is 4.19. The van der Waals surface area contributed by atoms with Crippen molar-refractivity contribution in [3.05, 3.63) is 75.3 Å². The Morgan fingerprint density at radius 2 is 1.12 bits per heavy atom. The molecule has 0 aliphatic carbocycles. The number of nitrogens with two attached hydrogens (primary N) is 1. The first-order chi connectivity index (χ1) is 14.6. The van der Waals surface area contributed by atoms with Gasteiger partial charge in [-0.2, -0.15) is 13.2 Å². The fraction of sp³-hybridized carbons (Fsp3) is 0.0526. The molecule has 3 rings (SSSR count). The lowest BCUT2D eigenvalue weighted by Gasteiger charge is -2.17. The largest absolute Gasteiger partial charge is 0.419 e. The molecule has 0 fully saturated rings. The van der Waals surface area contributed by atoms with Crippen LogP contribution in [0.3, 0.4) is 0 Å². The summed E-state index contributed by atoms with van der Waals surface area (Å²) in [6.07, 6.45) is -4.99. The summed E-state index contributed by atoms with van der Waals surface area (Å²) in [6.45, 7) is 0. The van der Waals surface area contributed by atoms with Crippen LogP contribution in [-0.4, -0.2) is 8.42 Å². The van der Waals surface area contributed by atoms with Gasteiger partial charge in [-0.25, -0.2) is 31.1 Å². The number of sulfonamides is 1. The van der Waals surface area contributed by atoms with Crippen LogP contribution in [0.4, 0.5) is 30.7 Å². The summed E-state index contributed by atoms with van der Waals surface area (Å²) < 4.78 is 120. The van der Waals surface area contributed by atoms with Crippen molar-refractivity contribution in [2.75, 3.05) is 0 Å². The van der Waals surface area contributed by atoms with Gasteiger partial charge < -0.3 is 0 Å². The van der Waals surface area contributed by atoms with E-state index in [1.807, 2.05) is 0 Å². The Bertz CT molecular complexity index is 1320. The van der Waals surface area contributed by atoms with E-state index in [2.05, 4.69) is 0 Å². The number of hydrogen-bond acceptors (Lipinski definition) is 2. The third-order valence-corrected chi connectivity index (χ3v) is 5.88. The minimum atomic E-state index is -4.99. The Morgan fingerprint density at radius 1 is 0.719 bits per heavy atom. The third-order valence-electron chi connectivity index (χ3n) is 4.35. The van der Waals surface area contributed by atoms with Crippen molar-refractivity contribution in [2.24, 2.45) is 5.14 Å². The average molecular weight is 518 g/mol. The quantitative estimate of drug-likeness (QED) is 0.243. The van der Waals surface area contributed by atoms with Gasteiger partial charge in [0, 0.05) is 11.1 Å². The maximum Gasteiger partial charge on any atom is 0.419 e. The van der Waals surface area contributed by atoms with E-state index in [9.17, 15) is 39.2 Å². The average Bonchev–Trinajstić information content (AvgIpc) is 2.66. The Hall–Kier alpha value is -2.34. The van der Waals surface area contributed by atoms with Gasteiger partial charge >= 0.3 is 6.18 Å². The number of alkyl halides is 3. The molecule has 3 aromatic rings. The van der Waals surface area contributed by atoms with E-state index in [1.54, 1.807) is 0 Å². The molecule has 13 heteroatoms. The molecule has 0 aromatic heterocycles. The Balaban J connectivity index is 2.38. The van der Waals surface area contributed by atoms with E-state index in [0.717, 1.165) is 24.3 Å². The lowest BCUT2D eigenvalue weighted by Crippen LogP contribution is -2.12. The highest BCUT2D eigenvalue weighted by Crippen LogP contribution is 2.45. The molecule has 0 spiro atoms. The number of halogens is 9. The van der Waals surface area contributed by atoms with Crippen molar-refractivity contribution >= 4 is 33.2 Å². The first kappa shape index (κ1) is 24.3. The molecule has 0 saturated carbocycles. The molecule has 0 aliphatic rings. The molecule has 0 radical (unpaired) electrons. The summed E-state index contributed by atoms with van der Waals surface area (Å²) in [5, 5.41) is 2.95. The van der Waals surface area contributed by atoms with Crippen LogP contribution in [0.2, 0.25) is 10.0 Å². The number of rotatable bonds is 3. The second-order valence-electron chi connectivity index (χ2n) is 6.39. The normalized spacial score (nSPS) is 12.3. The second kappa shape index (κ2) is 8.22. The molecular weight excluding hydrogens is 510 g/mol. The Kier molecular flexibility index (Phi) is 6.24. The topological polar surface area (TPSA) is 60.2 Å². The molecule has 0 aliphatic heterocycles. The monoisotopic (exact) mass is 517 g/mol. The summed E-state index contributed by atoms with van der Waals surface area (Å²) in [7, 11) is -4.17. The number of benzene rings is 3. The lowest BCUT2D eigenvalue weighted by atomic mass is 9.92. The summed E-state index contributed by atoms with van der Waals surface area (Å²) >= 11 is 11.3. The van der Waals surface area contributed by atoms with E-state index >= 15 is 0 Å². The van der Waals surface area contributed by atoms with Crippen LogP contribution in [0.1, 0.15) is 5.56 Å². The van der Waals surface area contributed by atoms with Crippen molar-refractivity contribution in [2.45, 2.75) is 11.1 Å². The smallest absolute Gasteiger partial charge is 0.225 e. The zero-order chi connectivity index (χ0) is 24.2. The zero-order valence-corrected chi connectivity index (χ0v) is 17.5. The summed E-state index contributed by atoms with van der Waals surface area (Å²) in [5.41, 5.74) is -4.28. The van der Waals surface area contributed by atoms with E-state index in [1.165, 1.54) is 0 Å². The van der Waals surface area contributed by atoms with Gasteiger partial charge in [-0.1, -0.05) is 35.3 Å². The number of primary sulfonamides is 1. The van der Waals surface area contributed by atoms with Gasteiger partial charge in [-0.15, -0.1) is 0 Å². The van der Waals surface area contributed by atoms with Crippen LogP contribution in [0.15, 0.2) is 41.3 Å².